The van der Waals surface area contributed by atoms with Crippen LogP contribution in [0.25, 0.3) is 0 Å². The number of carbonyl (C=O) groups excluding carboxylic acids is 1. The monoisotopic (exact) mass is 322 g/mol. The van der Waals surface area contributed by atoms with Gasteiger partial charge in [0.25, 0.3) is 0 Å². The van der Waals surface area contributed by atoms with E-state index < -0.39 is 0 Å². The summed E-state index contributed by atoms with van der Waals surface area (Å²) in [6, 6.07) is 6.05. The number of carbonyl (C=O) groups is 1. The summed E-state index contributed by atoms with van der Waals surface area (Å²) in [6.07, 6.45) is 4.58. The van der Waals surface area contributed by atoms with Crippen LogP contribution in [0.5, 0.6) is 0 Å². The number of urea groups is 1. The lowest BCUT2D eigenvalue weighted by atomic mass is 9.87. The Bertz CT molecular complexity index is 512. The second-order valence-corrected chi connectivity index (χ2v) is 6.64. The average molecular weight is 322 g/mol. The Morgan fingerprint density at radius 3 is 2.52 bits per heavy atom. The fourth-order valence-corrected chi connectivity index (χ4v) is 3.33. The van der Waals surface area contributed by atoms with E-state index in [9.17, 15) is 9.18 Å². The Kier molecular flexibility index (Phi) is 5.99. The van der Waals surface area contributed by atoms with Crippen molar-refractivity contribution in [1.29, 1.82) is 0 Å². The smallest absolute Gasteiger partial charge is 0.317 e. The molecular formula is C18H27FN2O2. The van der Waals surface area contributed by atoms with E-state index in [-0.39, 0.29) is 23.3 Å². The summed E-state index contributed by atoms with van der Waals surface area (Å²) in [5.41, 5.74) is 0.987. The van der Waals surface area contributed by atoms with Gasteiger partial charge in [0, 0.05) is 26.1 Å². The number of methoxy groups -OCH3 is 1. The zero-order chi connectivity index (χ0) is 16.9. The Labute approximate surface area is 138 Å². The first-order valence-electron chi connectivity index (χ1n) is 8.22. The van der Waals surface area contributed by atoms with Gasteiger partial charge in [0.05, 0.1) is 12.6 Å². The van der Waals surface area contributed by atoms with E-state index in [2.05, 4.69) is 5.32 Å². The first-order valence-corrected chi connectivity index (χ1v) is 8.22. The predicted octanol–water partition coefficient (Wildman–Crippen LogP) is 3.73. The highest BCUT2D eigenvalue weighted by atomic mass is 19.1. The Morgan fingerprint density at radius 1 is 1.35 bits per heavy atom. The first-order chi connectivity index (χ1) is 11.0. The average Bonchev–Trinajstić information content (AvgIpc) is 3.01. The highest BCUT2D eigenvalue weighted by Gasteiger charge is 2.34. The number of hydrogen-bond acceptors (Lipinski definition) is 2. The van der Waals surface area contributed by atoms with Crippen LogP contribution in [0.1, 0.15) is 44.2 Å². The van der Waals surface area contributed by atoms with Crippen molar-refractivity contribution in [3.63, 3.8) is 0 Å². The van der Waals surface area contributed by atoms with Gasteiger partial charge >= 0.3 is 6.03 Å². The third-order valence-corrected chi connectivity index (χ3v) is 4.98. The van der Waals surface area contributed by atoms with Crippen LogP contribution in [-0.2, 0) is 4.74 Å². The zero-order valence-corrected chi connectivity index (χ0v) is 14.3. The Hall–Kier alpha value is -1.62. The number of hydrogen-bond donors (Lipinski definition) is 1. The maximum absolute atomic E-state index is 13.0. The number of halogens is 1. The molecule has 1 aromatic rings. The molecule has 0 aliphatic heterocycles. The number of benzene rings is 1. The second kappa shape index (κ2) is 7.77. The van der Waals surface area contributed by atoms with Crippen molar-refractivity contribution in [2.75, 3.05) is 27.3 Å². The number of rotatable bonds is 6. The van der Waals surface area contributed by atoms with Crippen molar-refractivity contribution in [3.8, 4) is 0 Å². The van der Waals surface area contributed by atoms with Crippen LogP contribution < -0.4 is 5.32 Å². The molecule has 0 radical (unpaired) electrons. The topological polar surface area (TPSA) is 41.6 Å². The molecule has 5 heteroatoms. The number of ether oxygens (including phenoxy) is 1. The molecular weight excluding hydrogens is 295 g/mol. The quantitative estimate of drug-likeness (QED) is 0.867. The van der Waals surface area contributed by atoms with E-state index in [1.807, 2.05) is 6.92 Å². The third-order valence-electron chi connectivity index (χ3n) is 4.98. The van der Waals surface area contributed by atoms with Crippen molar-refractivity contribution in [2.24, 2.45) is 5.41 Å². The van der Waals surface area contributed by atoms with Crippen LogP contribution in [0.15, 0.2) is 24.3 Å². The standard InChI is InChI=1S/C18H27FN2O2/c1-14(15-6-8-16(19)9-7-15)21(2)17(22)20-12-18(13-23-3)10-4-5-11-18/h6-9,14H,4-5,10-13H2,1-3H3,(H,20,22)/t14-/m1/s1. The minimum absolute atomic E-state index is 0.0738. The van der Waals surface area contributed by atoms with Crippen LogP contribution in [0.2, 0.25) is 0 Å². The molecule has 0 spiro atoms. The molecule has 1 aliphatic carbocycles. The molecule has 1 saturated carbocycles. The van der Waals surface area contributed by atoms with Crippen LogP contribution in [0.4, 0.5) is 9.18 Å². The lowest BCUT2D eigenvalue weighted by Gasteiger charge is -2.31. The molecule has 23 heavy (non-hydrogen) atoms. The summed E-state index contributed by atoms with van der Waals surface area (Å²) in [5, 5.41) is 3.04. The molecule has 1 N–H and O–H groups in total. The minimum Gasteiger partial charge on any atom is -0.384 e. The summed E-state index contributed by atoms with van der Waals surface area (Å²) in [5.74, 6) is -0.268. The lowest BCUT2D eigenvalue weighted by molar-refractivity contribution is 0.0824. The van der Waals surface area contributed by atoms with Gasteiger partial charge in [-0.05, 0) is 37.5 Å². The molecule has 0 heterocycles. The lowest BCUT2D eigenvalue weighted by Crippen LogP contribution is -2.44. The first kappa shape index (κ1) is 17.7. The van der Waals surface area contributed by atoms with Gasteiger partial charge < -0.3 is 15.0 Å². The number of nitrogens with zero attached hydrogens (tertiary/aromatic N) is 1. The van der Waals surface area contributed by atoms with Gasteiger partial charge in [0.15, 0.2) is 0 Å². The SMILES string of the molecule is COCC1(CNC(=O)N(C)[C@H](C)c2ccc(F)cc2)CCCC1. The van der Waals surface area contributed by atoms with E-state index in [0.717, 1.165) is 18.4 Å². The largest absolute Gasteiger partial charge is 0.384 e. The molecule has 1 aromatic carbocycles. The summed E-state index contributed by atoms with van der Waals surface area (Å²) in [7, 11) is 3.48. The summed E-state index contributed by atoms with van der Waals surface area (Å²) >= 11 is 0. The van der Waals surface area contributed by atoms with Gasteiger partial charge in [-0.25, -0.2) is 9.18 Å². The minimum atomic E-state index is -0.268. The van der Waals surface area contributed by atoms with Gasteiger partial charge in [-0.2, -0.15) is 0 Å². The van der Waals surface area contributed by atoms with E-state index in [1.54, 1.807) is 31.2 Å². The maximum Gasteiger partial charge on any atom is 0.317 e. The third kappa shape index (κ3) is 4.44. The fourth-order valence-electron chi connectivity index (χ4n) is 3.33. The highest BCUT2D eigenvalue weighted by molar-refractivity contribution is 5.74. The molecule has 1 fully saturated rings. The van der Waals surface area contributed by atoms with Crippen molar-refractivity contribution in [1.82, 2.24) is 10.2 Å². The van der Waals surface area contributed by atoms with Crippen LogP contribution in [0.3, 0.4) is 0 Å². The molecule has 0 bridgehead atoms. The molecule has 1 atom stereocenters. The van der Waals surface area contributed by atoms with Crippen molar-refractivity contribution in [2.45, 2.75) is 38.6 Å². The molecule has 4 nitrogen and oxygen atoms in total. The normalized spacial score (nSPS) is 17.7. The summed E-state index contributed by atoms with van der Waals surface area (Å²) in [6.45, 7) is 3.26. The van der Waals surface area contributed by atoms with Gasteiger partial charge in [-0.3, -0.25) is 0 Å². The molecule has 1 aliphatic rings. The van der Waals surface area contributed by atoms with Crippen molar-refractivity contribution < 1.29 is 13.9 Å². The molecule has 0 aromatic heterocycles. The predicted molar refractivity (Wildman–Crippen MR) is 88.8 cm³/mol. The molecule has 2 rings (SSSR count). The van der Waals surface area contributed by atoms with E-state index in [1.165, 1.54) is 25.0 Å². The van der Waals surface area contributed by atoms with Gasteiger partial charge in [0.2, 0.25) is 0 Å². The molecule has 128 valence electrons. The van der Waals surface area contributed by atoms with Gasteiger partial charge in [0.1, 0.15) is 5.82 Å². The van der Waals surface area contributed by atoms with E-state index in [4.69, 9.17) is 4.74 Å². The van der Waals surface area contributed by atoms with E-state index >= 15 is 0 Å². The molecule has 0 saturated heterocycles. The Balaban J connectivity index is 1.92. The fraction of sp³-hybridized carbons (Fsp3) is 0.611. The van der Waals surface area contributed by atoms with Gasteiger partial charge in [-0.1, -0.05) is 25.0 Å². The van der Waals surface area contributed by atoms with Crippen molar-refractivity contribution in [3.05, 3.63) is 35.6 Å². The highest BCUT2D eigenvalue weighted by Crippen LogP contribution is 2.37. The van der Waals surface area contributed by atoms with Crippen LogP contribution >= 0.6 is 0 Å². The van der Waals surface area contributed by atoms with Gasteiger partial charge in [-0.15, -0.1) is 0 Å². The van der Waals surface area contributed by atoms with E-state index in [0.29, 0.717) is 13.2 Å². The summed E-state index contributed by atoms with van der Waals surface area (Å²) < 4.78 is 18.4. The van der Waals surface area contributed by atoms with Crippen LogP contribution in [0, 0.1) is 11.2 Å². The zero-order valence-electron chi connectivity index (χ0n) is 14.3. The maximum atomic E-state index is 13.0. The molecule has 2 amide bonds. The number of nitrogens with one attached hydrogen (secondary N) is 1. The number of amides is 2. The molecule has 0 unspecified atom stereocenters. The van der Waals surface area contributed by atoms with Crippen LogP contribution in [-0.4, -0.2) is 38.2 Å². The Morgan fingerprint density at radius 2 is 1.96 bits per heavy atom. The second-order valence-electron chi connectivity index (χ2n) is 6.64. The summed E-state index contributed by atoms with van der Waals surface area (Å²) in [4.78, 5) is 14.1. The van der Waals surface area contributed by atoms with Crippen molar-refractivity contribution >= 4 is 6.03 Å².